The Bertz CT molecular complexity index is 305. The summed E-state index contributed by atoms with van der Waals surface area (Å²) in [7, 11) is 0. The van der Waals surface area contributed by atoms with Crippen LogP contribution in [0.4, 0.5) is 0 Å². The van der Waals surface area contributed by atoms with Crippen molar-refractivity contribution in [1.82, 2.24) is 10.3 Å². The highest BCUT2D eigenvalue weighted by Gasteiger charge is 2.22. The van der Waals surface area contributed by atoms with Crippen LogP contribution in [0.1, 0.15) is 24.3 Å². The van der Waals surface area contributed by atoms with Gasteiger partial charge in [0.05, 0.1) is 15.2 Å². The average Bonchev–Trinajstić information content (AvgIpc) is 2.72. The summed E-state index contributed by atoms with van der Waals surface area (Å²) in [5, 5.41) is 13.9. The van der Waals surface area contributed by atoms with Crippen molar-refractivity contribution in [3.8, 4) is 0 Å². The predicted molar refractivity (Wildman–Crippen MR) is 65.3 cm³/mol. The Morgan fingerprint density at radius 1 is 1.64 bits per heavy atom. The molecule has 5 heteroatoms. The lowest BCUT2D eigenvalue weighted by molar-refractivity contribution is 0.179. The van der Waals surface area contributed by atoms with Gasteiger partial charge in [-0.3, -0.25) is 0 Å². The molecule has 0 spiro atoms. The lowest BCUT2D eigenvalue weighted by Crippen LogP contribution is -2.26. The summed E-state index contributed by atoms with van der Waals surface area (Å²) in [6.45, 7) is 0.838. The first-order valence-corrected chi connectivity index (χ1v) is 6.65. The molecule has 2 rings (SSSR count). The third-order valence-electron chi connectivity index (χ3n) is 2.47. The number of nitrogens with one attached hydrogen (secondary N) is 1. The zero-order chi connectivity index (χ0) is 9.97. The van der Waals surface area contributed by atoms with Crippen LogP contribution in [0.2, 0.25) is 0 Å². The Morgan fingerprint density at radius 2 is 2.50 bits per heavy atom. The number of hydrogen-bond acceptors (Lipinski definition) is 4. The zero-order valence-corrected chi connectivity index (χ0v) is 10.7. The quantitative estimate of drug-likeness (QED) is 0.833. The molecule has 0 aromatic carbocycles. The van der Waals surface area contributed by atoms with E-state index < -0.39 is 0 Å². The lowest BCUT2D eigenvalue weighted by atomic mass is 10.2. The fourth-order valence-electron chi connectivity index (χ4n) is 1.74. The van der Waals surface area contributed by atoms with Crippen LogP contribution in [0.3, 0.4) is 0 Å². The molecule has 2 N–H and O–H groups in total. The minimum Gasteiger partial charge on any atom is -0.393 e. The molecule has 14 heavy (non-hydrogen) atoms. The number of rotatable bonds is 3. The van der Waals surface area contributed by atoms with E-state index >= 15 is 0 Å². The Hall–Kier alpha value is 0.280. The van der Waals surface area contributed by atoms with Gasteiger partial charge in [-0.05, 0) is 41.9 Å². The third-order valence-corrected chi connectivity index (χ3v) is 4.20. The van der Waals surface area contributed by atoms with Crippen molar-refractivity contribution >= 4 is 33.9 Å². The molecule has 3 nitrogen and oxygen atoms in total. The fraction of sp³-hybridized carbons (Fsp3) is 0.667. The van der Waals surface area contributed by atoms with Crippen LogP contribution >= 0.6 is 33.9 Å². The number of aromatic nitrogens is 1. The number of hydrogen-bond donors (Lipinski definition) is 2. The van der Waals surface area contributed by atoms with Gasteiger partial charge in [0.2, 0.25) is 0 Å². The predicted octanol–water partition coefficient (Wildman–Crippen LogP) is 1.75. The van der Waals surface area contributed by atoms with Crippen LogP contribution in [0.25, 0.3) is 0 Å². The van der Waals surface area contributed by atoms with Crippen molar-refractivity contribution < 1.29 is 5.11 Å². The van der Waals surface area contributed by atoms with Crippen LogP contribution in [0.5, 0.6) is 0 Å². The number of thiazole rings is 1. The summed E-state index contributed by atoms with van der Waals surface area (Å²) in [5.74, 6) is 0. The van der Waals surface area contributed by atoms with Gasteiger partial charge in [0.25, 0.3) is 0 Å². The van der Waals surface area contributed by atoms with Crippen molar-refractivity contribution in [2.45, 2.75) is 38.0 Å². The SMILES string of the molecule is O[C@@H]1CC[C@H](NCc2ncc(I)s2)C1. The topological polar surface area (TPSA) is 45.1 Å². The minimum atomic E-state index is -0.0936. The molecular weight excluding hydrogens is 311 g/mol. The molecule has 1 aliphatic rings. The maximum Gasteiger partial charge on any atom is 0.107 e. The molecule has 0 amide bonds. The Kier molecular flexibility index (Phi) is 3.75. The van der Waals surface area contributed by atoms with Gasteiger partial charge in [-0.2, -0.15) is 0 Å². The van der Waals surface area contributed by atoms with Gasteiger partial charge >= 0.3 is 0 Å². The van der Waals surface area contributed by atoms with Crippen LogP contribution in [-0.2, 0) is 6.54 Å². The first kappa shape index (κ1) is 10.8. The highest BCUT2D eigenvalue weighted by Crippen LogP contribution is 2.20. The maximum atomic E-state index is 9.35. The van der Waals surface area contributed by atoms with Crippen molar-refractivity contribution in [3.05, 3.63) is 14.1 Å². The molecule has 78 valence electrons. The first-order chi connectivity index (χ1) is 6.74. The van der Waals surface area contributed by atoms with Gasteiger partial charge in [-0.25, -0.2) is 4.98 Å². The van der Waals surface area contributed by atoms with Crippen molar-refractivity contribution in [1.29, 1.82) is 0 Å². The Balaban J connectivity index is 1.77. The largest absolute Gasteiger partial charge is 0.393 e. The second kappa shape index (κ2) is 4.87. The van der Waals surface area contributed by atoms with Gasteiger partial charge in [-0.15, -0.1) is 11.3 Å². The third kappa shape index (κ3) is 2.88. The summed E-state index contributed by atoms with van der Waals surface area (Å²) in [5.41, 5.74) is 0. The molecule has 2 atom stereocenters. The van der Waals surface area contributed by atoms with Gasteiger partial charge in [0, 0.05) is 12.6 Å². The molecule has 0 bridgehead atoms. The summed E-state index contributed by atoms with van der Waals surface area (Å²) in [4.78, 5) is 4.28. The van der Waals surface area contributed by atoms with Crippen molar-refractivity contribution in [2.75, 3.05) is 0 Å². The number of aliphatic hydroxyl groups excluding tert-OH is 1. The maximum absolute atomic E-state index is 9.35. The molecule has 1 aromatic rings. The Labute approximate surface area is 101 Å². The summed E-state index contributed by atoms with van der Waals surface area (Å²) in [6.07, 6.45) is 4.72. The van der Waals surface area contributed by atoms with E-state index in [1.54, 1.807) is 11.3 Å². The monoisotopic (exact) mass is 324 g/mol. The van der Waals surface area contributed by atoms with Gasteiger partial charge in [-0.1, -0.05) is 0 Å². The molecule has 1 saturated carbocycles. The van der Waals surface area contributed by atoms with Crippen LogP contribution in [-0.4, -0.2) is 22.2 Å². The van der Waals surface area contributed by atoms with Gasteiger partial charge in [0.15, 0.2) is 0 Å². The van der Waals surface area contributed by atoms with Gasteiger partial charge in [0.1, 0.15) is 5.01 Å². The second-order valence-corrected chi connectivity index (χ2v) is 6.61. The highest BCUT2D eigenvalue weighted by molar-refractivity contribution is 14.1. The second-order valence-electron chi connectivity index (χ2n) is 3.60. The van der Waals surface area contributed by atoms with Crippen LogP contribution in [0, 0.1) is 2.88 Å². The Morgan fingerprint density at radius 3 is 3.07 bits per heavy atom. The smallest absolute Gasteiger partial charge is 0.107 e. The summed E-state index contributed by atoms with van der Waals surface area (Å²) >= 11 is 4.00. The summed E-state index contributed by atoms with van der Waals surface area (Å²) in [6, 6.07) is 0.478. The molecule has 1 heterocycles. The molecule has 0 radical (unpaired) electrons. The van der Waals surface area contributed by atoms with Crippen molar-refractivity contribution in [2.24, 2.45) is 0 Å². The van der Waals surface area contributed by atoms with E-state index in [4.69, 9.17) is 0 Å². The van der Waals surface area contributed by atoms with E-state index in [1.165, 1.54) is 2.88 Å². The zero-order valence-electron chi connectivity index (χ0n) is 7.74. The molecular formula is C9H13IN2OS. The lowest BCUT2D eigenvalue weighted by Gasteiger charge is -2.09. The number of halogens is 1. The van der Waals surface area contributed by atoms with E-state index in [0.717, 1.165) is 30.8 Å². The summed E-state index contributed by atoms with van der Waals surface area (Å²) < 4.78 is 1.23. The molecule has 1 aromatic heterocycles. The first-order valence-electron chi connectivity index (χ1n) is 4.75. The number of aliphatic hydroxyl groups is 1. The highest BCUT2D eigenvalue weighted by atomic mass is 127. The minimum absolute atomic E-state index is 0.0936. The molecule has 0 saturated heterocycles. The van der Waals surface area contributed by atoms with E-state index in [1.807, 2.05) is 6.20 Å². The van der Waals surface area contributed by atoms with Crippen molar-refractivity contribution in [3.63, 3.8) is 0 Å². The van der Waals surface area contributed by atoms with Crippen LogP contribution in [0.15, 0.2) is 6.20 Å². The fourth-order valence-corrected chi connectivity index (χ4v) is 3.24. The van der Waals surface area contributed by atoms with E-state index in [9.17, 15) is 5.11 Å². The number of nitrogens with zero attached hydrogens (tertiary/aromatic N) is 1. The molecule has 0 aliphatic heterocycles. The molecule has 1 aliphatic carbocycles. The van der Waals surface area contributed by atoms with Gasteiger partial charge < -0.3 is 10.4 Å². The van der Waals surface area contributed by atoms with Crippen LogP contribution < -0.4 is 5.32 Å². The van der Waals surface area contributed by atoms with E-state index in [2.05, 4.69) is 32.9 Å². The normalized spacial score (nSPS) is 27.0. The average molecular weight is 324 g/mol. The standard InChI is InChI=1S/C9H13IN2OS/c10-8-4-12-9(14-8)5-11-6-1-2-7(13)3-6/h4,6-7,11,13H,1-3,5H2/t6-,7+/m0/s1. The van der Waals surface area contributed by atoms with E-state index in [-0.39, 0.29) is 6.10 Å². The molecule has 0 unspecified atom stereocenters. The van der Waals surface area contributed by atoms with E-state index in [0.29, 0.717) is 6.04 Å². The molecule has 1 fully saturated rings.